The van der Waals surface area contributed by atoms with Crippen molar-refractivity contribution in [2.75, 3.05) is 29.9 Å². The van der Waals surface area contributed by atoms with E-state index in [0.717, 1.165) is 49.1 Å². The molecule has 0 spiro atoms. The molecule has 0 aliphatic heterocycles. The van der Waals surface area contributed by atoms with Crippen LogP contribution >= 0.6 is 0 Å². The van der Waals surface area contributed by atoms with Crippen molar-refractivity contribution in [3.63, 3.8) is 0 Å². The quantitative estimate of drug-likeness (QED) is 0.819. The van der Waals surface area contributed by atoms with Gasteiger partial charge in [-0.05, 0) is 33.1 Å². The molecule has 4 heteroatoms. The van der Waals surface area contributed by atoms with Crippen LogP contribution in [0.1, 0.15) is 45.5 Å². The highest BCUT2D eigenvalue weighted by Gasteiger charge is 2.15. The summed E-state index contributed by atoms with van der Waals surface area (Å²) in [6.45, 7) is 15.8. The molecule has 4 nitrogen and oxygen atoms in total. The van der Waals surface area contributed by atoms with Crippen molar-refractivity contribution in [3.8, 4) is 0 Å². The zero-order valence-electron chi connectivity index (χ0n) is 13.2. The van der Waals surface area contributed by atoms with Crippen molar-refractivity contribution in [1.82, 2.24) is 9.97 Å². The lowest BCUT2D eigenvalue weighted by atomic mass is 10.2. The molecular formula is C15H28N4. The number of aryl methyl sites for hydroxylation is 1. The maximum Gasteiger partial charge on any atom is 0.137 e. The van der Waals surface area contributed by atoms with Gasteiger partial charge in [0.1, 0.15) is 17.5 Å². The second-order valence-electron chi connectivity index (χ2n) is 5.43. The normalized spacial score (nSPS) is 10.9. The molecule has 0 amide bonds. The van der Waals surface area contributed by atoms with E-state index in [4.69, 9.17) is 0 Å². The third kappa shape index (κ3) is 4.37. The van der Waals surface area contributed by atoms with E-state index in [0.29, 0.717) is 5.92 Å². The minimum atomic E-state index is 0.627. The van der Waals surface area contributed by atoms with Crippen LogP contribution in [0.3, 0.4) is 0 Å². The summed E-state index contributed by atoms with van der Waals surface area (Å²) in [5.41, 5.74) is 1.15. The predicted octanol–water partition coefficient (Wildman–Crippen LogP) is 3.40. The van der Waals surface area contributed by atoms with Crippen molar-refractivity contribution in [2.45, 2.75) is 48.0 Å². The van der Waals surface area contributed by atoms with E-state index in [1.54, 1.807) is 0 Å². The van der Waals surface area contributed by atoms with E-state index >= 15 is 0 Å². The van der Waals surface area contributed by atoms with Crippen LogP contribution in [0.2, 0.25) is 0 Å². The molecule has 0 aliphatic carbocycles. The molecule has 1 heterocycles. The number of hydrogen-bond acceptors (Lipinski definition) is 4. The van der Waals surface area contributed by atoms with Crippen LogP contribution < -0.4 is 10.2 Å². The minimum Gasteiger partial charge on any atom is -0.370 e. The molecule has 0 bridgehead atoms. The maximum atomic E-state index is 4.64. The summed E-state index contributed by atoms with van der Waals surface area (Å²) >= 11 is 0. The molecule has 1 N–H and O–H groups in total. The first kappa shape index (κ1) is 15.7. The zero-order valence-corrected chi connectivity index (χ0v) is 13.2. The van der Waals surface area contributed by atoms with Gasteiger partial charge in [0, 0.05) is 25.2 Å². The zero-order chi connectivity index (χ0) is 14.4. The van der Waals surface area contributed by atoms with E-state index in [-0.39, 0.29) is 0 Å². The summed E-state index contributed by atoms with van der Waals surface area (Å²) in [6.07, 6.45) is 1.10. The van der Waals surface area contributed by atoms with Crippen LogP contribution in [0.15, 0.2) is 0 Å². The van der Waals surface area contributed by atoms with Crippen LogP contribution in [-0.4, -0.2) is 29.6 Å². The first-order valence-corrected chi connectivity index (χ1v) is 7.33. The van der Waals surface area contributed by atoms with E-state index in [9.17, 15) is 0 Å². The van der Waals surface area contributed by atoms with E-state index in [1.165, 1.54) is 0 Å². The molecule has 0 unspecified atom stereocenters. The van der Waals surface area contributed by atoms with Crippen LogP contribution in [0.4, 0.5) is 11.6 Å². The molecular weight excluding hydrogens is 236 g/mol. The summed E-state index contributed by atoms with van der Waals surface area (Å²) < 4.78 is 0. The first-order chi connectivity index (χ1) is 8.99. The summed E-state index contributed by atoms with van der Waals surface area (Å²) in [6, 6.07) is 0. The Balaban J connectivity index is 3.07. The van der Waals surface area contributed by atoms with Crippen LogP contribution in [0.5, 0.6) is 0 Å². The second-order valence-corrected chi connectivity index (χ2v) is 5.43. The summed E-state index contributed by atoms with van der Waals surface area (Å²) in [7, 11) is 0. The van der Waals surface area contributed by atoms with Gasteiger partial charge < -0.3 is 10.2 Å². The third-order valence-corrected chi connectivity index (χ3v) is 3.04. The molecule has 1 aromatic rings. The van der Waals surface area contributed by atoms with E-state index in [2.05, 4.69) is 54.8 Å². The van der Waals surface area contributed by atoms with Gasteiger partial charge in [-0.1, -0.05) is 20.8 Å². The number of anilines is 2. The Morgan fingerprint density at radius 3 is 2.37 bits per heavy atom. The standard InChI is InChI=1S/C15H28N4/c1-7-9-16-14-12(5)15(18-13(6)17-14)19(8-2)10-11(3)4/h11H,7-10H2,1-6H3,(H,16,17,18). The van der Waals surface area contributed by atoms with Gasteiger partial charge in [0.25, 0.3) is 0 Å². The van der Waals surface area contributed by atoms with Crippen molar-refractivity contribution >= 4 is 11.6 Å². The Kier molecular flexibility index (Phi) is 6.06. The average Bonchev–Trinajstić information content (AvgIpc) is 2.36. The summed E-state index contributed by atoms with van der Waals surface area (Å²) in [5, 5.41) is 3.40. The number of nitrogens with one attached hydrogen (secondary N) is 1. The van der Waals surface area contributed by atoms with Gasteiger partial charge in [-0.2, -0.15) is 0 Å². The molecule has 0 radical (unpaired) electrons. The summed E-state index contributed by atoms with van der Waals surface area (Å²) in [4.78, 5) is 11.5. The lowest BCUT2D eigenvalue weighted by molar-refractivity contribution is 0.612. The monoisotopic (exact) mass is 264 g/mol. The SMILES string of the molecule is CCCNc1nc(C)nc(N(CC)CC(C)C)c1C. The highest BCUT2D eigenvalue weighted by Crippen LogP contribution is 2.24. The van der Waals surface area contributed by atoms with Crippen LogP contribution in [0.25, 0.3) is 0 Å². The van der Waals surface area contributed by atoms with Crippen LogP contribution in [-0.2, 0) is 0 Å². The van der Waals surface area contributed by atoms with Crippen molar-refractivity contribution in [3.05, 3.63) is 11.4 Å². The fourth-order valence-electron chi connectivity index (χ4n) is 2.14. The van der Waals surface area contributed by atoms with Gasteiger partial charge in [-0.3, -0.25) is 0 Å². The number of nitrogens with zero attached hydrogens (tertiary/aromatic N) is 3. The van der Waals surface area contributed by atoms with Crippen molar-refractivity contribution < 1.29 is 0 Å². The van der Waals surface area contributed by atoms with Gasteiger partial charge in [-0.15, -0.1) is 0 Å². The third-order valence-electron chi connectivity index (χ3n) is 3.04. The van der Waals surface area contributed by atoms with Crippen molar-refractivity contribution in [2.24, 2.45) is 5.92 Å². The molecule has 0 saturated carbocycles. The minimum absolute atomic E-state index is 0.627. The van der Waals surface area contributed by atoms with Gasteiger partial charge >= 0.3 is 0 Å². The molecule has 0 saturated heterocycles. The topological polar surface area (TPSA) is 41.1 Å². The molecule has 0 atom stereocenters. The lowest BCUT2D eigenvalue weighted by Crippen LogP contribution is -2.29. The molecule has 108 valence electrons. The van der Waals surface area contributed by atoms with Gasteiger partial charge in [0.05, 0.1) is 0 Å². The Bertz CT molecular complexity index is 401. The van der Waals surface area contributed by atoms with E-state index in [1.807, 2.05) is 6.92 Å². The van der Waals surface area contributed by atoms with Gasteiger partial charge in [0.2, 0.25) is 0 Å². The average molecular weight is 264 g/mol. The largest absolute Gasteiger partial charge is 0.370 e. The molecule has 0 fully saturated rings. The van der Waals surface area contributed by atoms with Gasteiger partial charge in [-0.25, -0.2) is 9.97 Å². The van der Waals surface area contributed by atoms with Gasteiger partial charge in [0.15, 0.2) is 0 Å². The number of hydrogen-bond donors (Lipinski definition) is 1. The summed E-state index contributed by atoms with van der Waals surface area (Å²) in [5.74, 6) is 3.51. The molecule has 0 aromatic carbocycles. The van der Waals surface area contributed by atoms with E-state index < -0.39 is 0 Å². The fourth-order valence-corrected chi connectivity index (χ4v) is 2.14. The highest BCUT2D eigenvalue weighted by atomic mass is 15.2. The Morgan fingerprint density at radius 2 is 1.84 bits per heavy atom. The number of aromatic nitrogens is 2. The molecule has 1 aromatic heterocycles. The van der Waals surface area contributed by atoms with Crippen molar-refractivity contribution in [1.29, 1.82) is 0 Å². The fraction of sp³-hybridized carbons (Fsp3) is 0.733. The molecule has 1 rings (SSSR count). The molecule has 19 heavy (non-hydrogen) atoms. The first-order valence-electron chi connectivity index (χ1n) is 7.33. The Morgan fingerprint density at radius 1 is 1.16 bits per heavy atom. The highest BCUT2D eigenvalue weighted by molar-refractivity contribution is 5.58. The second kappa shape index (κ2) is 7.31. The Hall–Kier alpha value is -1.32. The van der Waals surface area contributed by atoms with Crippen LogP contribution in [0, 0.1) is 19.8 Å². The lowest BCUT2D eigenvalue weighted by Gasteiger charge is -2.26. The number of rotatable bonds is 7. The maximum absolute atomic E-state index is 4.64. The molecule has 0 aliphatic rings. The Labute approximate surface area is 117 Å². The smallest absolute Gasteiger partial charge is 0.137 e. The predicted molar refractivity (Wildman–Crippen MR) is 83.0 cm³/mol.